The lowest BCUT2D eigenvalue weighted by molar-refractivity contribution is -0.148. The van der Waals surface area contributed by atoms with Crippen LogP contribution in [0.5, 0.6) is 0 Å². The second-order valence-corrected chi connectivity index (χ2v) is 3.86. The van der Waals surface area contributed by atoms with E-state index in [2.05, 4.69) is 0 Å². The average molecular weight is 174 g/mol. The molecule has 0 unspecified atom stereocenters. The maximum atomic E-state index is 10.6. The molecule has 3 heteroatoms. The molecule has 0 radical (unpaired) electrons. The van der Waals surface area contributed by atoms with E-state index < -0.39 is 11.4 Å². The van der Waals surface area contributed by atoms with Gasteiger partial charge in [-0.1, -0.05) is 0 Å². The fraction of sp³-hybridized carbons (Fsp3) is 0.889. The van der Waals surface area contributed by atoms with Gasteiger partial charge in [-0.25, -0.2) is 0 Å². The first-order chi connectivity index (χ1) is 5.36. The van der Waals surface area contributed by atoms with E-state index in [9.17, 15) is 4.79 Å². The quantitative estimate of drug-likeness (QED) is 0.692. The molecule has 3 nitrogen and oxygen atoms in total. The van der Waals surface area contributed by atoms with Crippen LogP contribution in [0.4, 0.5) is 0 Å². The molecule has 0 saturated heterocycles. The van der Waals surface area contributed by atoms with E-state index in [1.807, 2.05) is 13.8 Å². The minimum atomic E-state index is -0.769. The topological polar surface area (TPSA) is 46.5 Å². The van der Waals surface area contributed by atoms with Crippen molar-refractivity contribution < 1.29 is 14.6 Å². The molecule has 0 amide bonds. The number of hydrogen-bond donors (Lipinski definition) is 1. The molecule has 72 valence electrons. The van der Waals surface area contributed by atoms with Crippen LogP contribution >= 0.6 is 0 Å². The van der Waals surface area contributed by atoms with Crippen LogP contribution in [0.1, 0.15) is 34.1 Å². The van der Waals surface area contributed by atoms with Gasteiger partial charge >= 0.3 is 5.97 Å². The first-order valence-electron chi connectivity index (χ1n) is 4.21. The number of aliphatic carboxylic acids is 1. The number of carboxylic acids is 1. The van der Waals surface area contributed by atoms with Gasteiger partial charge in [0.05, 0.1) is 11.5 Å². The van der Waals surface area contributed by atoms with E-state index in [1.54, 1.807) is 13.8 Å². The van der Waals surface area contributed by atoms with Gasteiger partial charge in [0, 0.05) is 6.61 Å². The summed E-state index contributed by atoms with van der Waals surface area (Å²) in [7, 11) is 0. The predicted molar refractivity (Wildman–Crippen MR) is 47.1 cm³/mol. The summed E-state index contributed by atoms with van der Waals surface area (Å²) in [6.07, 6.45) is 0.732. The number of rotatable bonds is 5. The first kappa shape index (κ1) is 11.4. The highest BCUT2D eigenvalue weighted by Gasteiger charge is 2.26. The third-order valence-electron chi connectivity index (χ3n) is 1.76. The summed E-state index contributed by atoms with van der Waals surface area (Å²) in [5.41, 5.74) is -0.672. The molecule has 0 spiro atoms. The monoisotopic (exact) mass is 174 g/mol. The molecule has 0 rings (SSSR count). The standard InChI is InChI=1S/C9H18O3/c1-7(2)12-6-5-9(3,4)8(10)11/h7H,5-6H2,1-4H3,(H,10,11). The molecule has 0 atom stereocenters. The molecule has 0 aromatic carbocycles. The van der Waals surface area contributed by atoms with Crippen LogP contribution < -0.4 is 0 Å². The van der Waals surface area contributed by atoms with E-state index >= 15 is 0 Å². The number of carboxylic acid groups (broad SMARTS) is 1. The van der Waals surface area contributed by atoms with E-state index in [-0.39, 0.29) is 6.10 Å². The Balaban J connectivity index is 3.69. The van der Waals surface area contributed by atoms with Crippen molar-refractivity contribution >= 4 is 5.97 Å². The zero-order valence-corrected chi connectivity index (χ0v) is 8.26. The predicted octanol–water partition coefficient (Wildman–Crippen LogP) is 1.91. The highest BCUT2D eigenvalue weighted by molar-refractivity contribution is 5.73. The lowest BCUT2D eigenvalue weighted by Gasteiger charge is -2.19. The minimum absolute atomic E-state index is 0.176. The maximum Gasteiger partial charge on any atom is 0.309 e. The van der Waals surface area contributed by atoms with Crippen LogP contribution in [0, 0.1) is 5.41 Å². The first-order valence-corrected chi connectivity index (χ1v) is 4.21. The van der Waals surface area contributed by atoms with Crippen LogP contribution in [0.2, 0.25) is 0 Å². The minimum Gasteiger partial charge on any atom is -0.481 e. The van der Waals surface area contributed by atoms with E-state index in [0.29, 0.717) is 13.0 Å². The molecule has 0 fully saturated rings. The van der Waals surface area contributed by atoms with Crippen LogP contribution in [0.15, 0.2) is 0 Å². The van der Waals surface area contributed by atoms with Crippen molar-refractivity contribution in [2.24, 2.45) is 5.41 Å². The van der Waals surface area contributed by atoms with E-state index in [0.717, 1.165) is 0 Å². The van der Waals surface area contributed by atoms with Crippen molar-refractivity contribution in [3.8, 4) is 0 Å². The smallest absolute Gasteiger partial charge is 0.309 e. The average Bonchev–Trinajstić information content (AvgIpc) is 1.85. The van der Waals surface area contributed by atoms with E-state index in [4.69, 9.17) is 9.84 Å². The van der Waals surface area contributed by atoms with E-state index in [1.165, 1.54) is 0 Å². The summed E-state index contributed by atoms with van der Waals surface area (Å²) in [4.78, 5) is 10.6. The van der Waals surface area contributed by atoms with Gasteiger partial charge in [-0.3, -0.25) is 4.79 Å². The Bertz CT molecular complexity index is 150. The van der Waals surface area contributed by atoms with Crippen molar-refractivity contribution in [1.29, 1.82) is 0 Å². The molecule has 1 N–H and O–H groups in total. The van der Waals surface area contributed by atoms with Gasteiger partial charge in [0.1, 0.15) is 0 Å². The molecule has 0 aromatic rings. The van der Waals surface area contributed by atoms with Crippen LogP contribution in [-0.2, 0) is 9.53 Å². The second kappa shape index (κ2) is 4.45. The zero-order chi connectivity index (χ0) is 9.78. The highest BCUT2D eigenvalue weighted by atomic mass is 16.5. The summed E-state index contributed by atoms with van der Waals surface area (Å²) in [5, 5.41) is 8.75. The van der Waals surface area contributed by atoms with Gasteiger partial charge in [-0.15, -0.1) is 0 Å². The number of carbonyl (C=O) groups is 1. The van der Waals surface area contributed by atoms with Crippen molar-refractivity contribution in [2.75, 3.05) is 6.61 Å². The summed E-state index contributed by atoms with van der Waals surface area (Å²) in [6, 6.07) is 0. The molecule has 0 aromatic heterocycles. The molecule has 0 bridgehead atoms. The molecule has 0 saturated carbocycles. The Morgan fingerprint density at radius 1 is 1.50 bits per heavy atom. The molecule has 0 aliphatic heterocycles. The Kier molecular flexibility index (Phi) is 4.24. The molecule has 0 aliphatic rings. The second-order valence-electron chi connectivity index (χ2n) is 3.86. The van der Waals surface area contributed by atoms with Crippen molar-refractivity contribution in [2.45, 2.75) is 40.2 Å². The van der Waals surface area contributed by atoms with Crippen molar-refractivity contribution in [3.05, 3.63) is 0 Å². The lowest BCUT2D eigenvalue weighted by Crippen LogP contribution is -2.25. The molecular formula is C9H18O3. The van der Waals surface area contributed by atoms with Crippen LogP contribution in [0.3, 0.4) is 0 Å². The Labute approximate surface area is 73.7 Å². The normalized spacial score (nSPS) is 12.1. The van der Waals surface area contributed by atoms with Gasteiger partial charge in [-0.2, -0.15) is 0 Å². The SMILES string of the molecule is CC(C)OCCC(C)(C)C(=O)O. The van der Waals surface area contributed by atoms with Gasteiger partial charge < -0.3 is 9.84 Å². The van der Waals surface area contributed by atoms with Crippen molar-refractivity contribution in [1.82, 2.24) is 0 Å². The maximum absolute atomic E-state index is 10.6. The summed E-state index contributed by atoms with van der Waals surface area (Å²) < 4.78 is 5.26. The van der Waals surface area contributed by atoms with Gasteiger partial charge in [0.2, 0.25) is 0 Å². The molecule has 0 heterocycles. The largest absolute Gasteiger partial charge is 0.481 e. The lowest BCUT2D eigenvalue weighted by atomic mass is 9.90. The zero-order valence-electron chi connectivity index (χ0n) is 8.26. The van der Waals surface area contributed by atoms with Crippen molar-refractivity contribution in [3.63, 3.8) is 0 Å². The molecular weight excluding hydrogens is 156 g/mol. The summed E-state index contributed by atoms with van der Waals surface area (Å²) >= 11 is 0. The summed E-state index contributed by atoms with van der Waals surface area (Å²) in [6.45, 7) is 7.80. The molecule has 0 aliphatic carbocycles. The van der Waals surface area contributed by atoms with Gasteiger partial charge in [-0.05, 0) is 34.1 Å². The van der Waals surface area contributed by atoms with Crippen LogP contribution in [0.25, 0.3) is 0 Å². The molecule has 12 heavy (non-hydrogen) atoms. The Morgan fingerprint density at radius 2 is 2.00 bits per heavy atom. The third kappa shape index (κ3) is 4.34. The number of hydrogen-bond acceptors (Lipinski definition) is 2. The fourth-order valence-electron chi connectivity index (χ4n) is 0.657. The Hall–Kier alpha value is -0.570. The summed E-state index contributed by atoms with van der Waals surface area (Å²) in [5.74, 6) is -0.769. The van der Waals surface area contributed by atoms with Crippen LogP contribution in [-0.4, -0.2) is 23.8 Å². The highest BCUT2D eigenvalue weighted by Crippen LogP contribution is 2.20. The number of ether oxygens (including phenoxy) is 1. The van der Waals surface area contributed by atoms with Gasteiger partial charge in [0.15, 0.2) is 0 Å². The Morgan fingerprint density at radius 3 is 2.33 bits per heavy atom. The fourth-order valence-corrected chi connectivity index (χ4v) is 0.657. The third-order valence-corrected chi connectivity index (χ3v) is 1.76. The van der Waals surface area contributed by atoms with Gasteiger partial charge in [0.25, 0.3) is 0 Å².